The van der Waals surface area contributed by atoms with Gasteiger partial charge in [0.15, 0.2) is 23.0 Å². The van der Waals surface area contributed by atoms with Crippen LogP contribution in [0.15, 0.2) is 24.3 Å². The summed E-state index contributed by atoms with van der Waals surface area (Å²) in [7, 11) is 4.62. The third kappa shape index (κ3) is 3.16. The third-order valence-electron chi connectivity index (χ3n) is 4.36. The fourth-order valence-electron chi connectivity index (χ4n) is 3.07. The molecular weight excluding hydrogens is 386 g/mol. The molecular formula is C19H18ClN3O5. The minimum absolute atomic E-state index is 0.0891. The molecule has 0 saturated heterocycles. The van der Waals surface area contributed by atoms with E-state index in [1.54, 1.807) is 13.2 Å². The number of benzene rings is 2. The zero-order valence-corrected chi connectivity index (χ0v) is 16.3. The summed E-state index contributed by atoms with van der Waals surface area (Å²) in [6.45, 7) is 0.732. The van der Waals surface area contributed by atoms with Crippen LogP contribution in [0, 0.1) is 0 Å². The number of rotatable bonds is 6. The van der Waals surface area contributed by atoms with Crippen molar-refractivity contribution in [2.45, 2.75) is 6.54 Å². The van der Waals surface area contributed by atoms with Crippen molar-refractivity contribution in [2.24, 2.45) is 0 Å². The molecule has 146 valence electrons. The number of aromatic nitrogens is 2. The molecule has 2 aromatic carbocycles. The molecule has 0 spiro atoms. The predicted molar refractivity (Wildman–Crippen MR) is 104 cm³/mol. The van der Waals surface area contributed by atoms with Gasteiger partial charge in [0.1, 0.15) is 11.3 Å². The average Bonchev–Trinajstić information content (AvgIpc) is 3.18. The number of methoxy groups -OCH3 is 3. The quantitative estimate of drug-likeness (QED) is 0.624. The van der Waals surface area contributed by atoms with Crippen LogP contribution in [-0.2, 0) is 6.54 Å². The van der Waals surface area contributed by atoms with E-state index in [-0.39, 0.29) is 12.1 Å². The summed E-state index contributed by atoms with van der Waals surface area (Å²) in [5, 5.41) is 4.08. The van der Waals surface area contributed by atoms with E-state index in [0.29, 0.717) is 40.5 Å². The van der Waals surface area contributed by atoms with Crippen LogP contribution in [0.1, 0.15) is 5.56 Å². The molecule has 2 heterocycles. The summed E-state index contributed by atoms with van der Waals surface area (Å²) in [6, 6.07) is 7.54. The van der Waals surface area contributed by atoms with Gasteiger partial charge in [-0.15, -0.1) is 0 Å². The van der Waals surface area contributed by atoms with Crippen LogP contribution in [0.4, 0.5) is 5.82 Å². The Balaban J connectivity index is 1.74. The number of fused-ring (bicyclic) bond motifs is 2. The molecule has 1 aliphatic heterocycles. The number of hydrogen-bond acceptors (Lipinski definition) is 8. The van der Waals surface area contributed by atoms with Gasteiger partial charge in [0.05, 0.1) is 26.7 Å². The van der Waals surface area contributed by atoms with E-state index >= 15 is 0 Å². The smallest absolute Gasteiger partial charge is 0.231 e. The van der Waals surface area contributed by atoms with Crippen molar-refractivity contribution < 1.29 is 23.7 Å². The van der Waals surface area contributed by atoms with Gasteiger partial charge in [-0.25, -0.2) is 9.97 Å². The van der Waals surface area contributed by atoms with Crippen LogP contribution in [0.2, 0.25) is 5.28 Å². The second kappa shape index (κ2) is 7.47. The molecule has 0 aliphatic carbocycles. The van der Waals surface area contributed by atoms with Crippen LogP contribution in [0.5, 0.6) is 28.7 Å². The van der Waals surface area contributed by atoms with Crippen molar-refractivity contribution in [3.8, 4) is 28.7 Å². The molecule has 0 atom stereocenters. The highest BCUT2D eigenvalue weighted by atomic mass is 35.5. The van der Waals surface area contributed by atoms with Crippen LogP contribution in [-0.4, -0.2) is 38.1 Å². The van der Waals surface area contributed by atoms with Gasteiger partial charge in [-0.2, -0.15) is 0 Å². The lowest BCUT2D eigenvalue weighted by molar-refractivity contribution is 0.174. The minimum atomic E-state index is 0.0891. The van der Waals surface area contributed by atoms with Crippen molar-refractivity contribution in [3.63, 3.8) is 0 Å². The van der Waals surface area contributed by atoms with Crippen molar-refractivity contribution in [1.82, 2.24) is 9.97 Å². The van der Waals surface area contributed by atoms with Crippen molar-refractivity contribution in [3.05, 3.63) is 35.1 Å². The van der Waals surface area contributed by atoms with Gasteiger partial charge >= 0.3 is 0 Å². The highest BCUT2D eigenvalue weighted by molar-refractivity contribution is 6.29. The van der Waals surface area contributed by atoms with E-state index in [2.05, 4.69) is 15.3 Å². The Kier molecular flexibility index (Phi) is 4.87. The lowest BCUT2D eigenvalue weighted by atomic mass is 10.1. The summed E-state index contributed by atoms with van der Waals surface area (Å²) < 4.78 is 27.1. The lowest BCUT2D eigenvalue weighted by Gasteiger charge is -2.16. The fourth-order valence-corrected chi connectivity index (χ4v) is 3.24. The van der Waals surface area contributed by atoms with Gasteiger partial charge in [-0.3, -0.25) is 0 Å². The molecule has 1 aromatic heterocycles. The maximum Gasteiger partial charge on any atom is 0.231 e. The zero-order valence-electron chi connectivity index (χ0n) is 15.5. The van der Waals surface area contributed by atoms with E-state index in [1.807, 2.05) is 18.2 Å². The third-order valence-corrected chi connectivity index (χ3v) is 4.53. The summed E-state index contributed by atoms with van der Waals surface area (Å²) in [5.74, 6) is 3.37. The Morgan fingerprint density at radius 3 is 2.54 bits per heavy atom. The summed E-state index contributed by atoms with van der Waals surface area (Å²) >= 11 is 6.15. The molecule has 0 saturated carbocycles. The number of nitrogens with zero attached hydrogens (tertiary/aromatic N) is 2. The maximum absolute atomic E-state index is 6.15. The van der Waals surface area contributed by atoms with E-state index in [4.69, 9.17) is 35.3 Å². The van der Waals surface area contributed by atoms with E-state index in [0.717, 1.165) is 17.1 Å². The highest BCUT2D eigenvalue weighted by Gasteiger charge is 2.21. The predicted octanol–water partition coefficient (Wildman–Crippen LogP) is 3.65. The van der Waals surface area contributed by atoms with Crippen LogP contribution in [0.3, 0.4) is 0 Å². The van der Waals surface area contributed by atoms with E-state index in [9.17, 15) is 0 Å². The highest BCUT2D eigenvalue weighted by Crippen LogP contribution is 2.44. The fraction of sp³-hybridized carbons (Fsp3) is 0.263. The van der Waals surface area contributed by atoms with Gasteiger partial charge < -0.3 is 29.0 Å². The Hall–Kier alpha value is -3.13. The molecule has 0 radical (unpaired) electrons. The van der Waals surface area contributed by atoms with E-state index < -0.39 is 0 Å². The molecule has 0 unspecified atom stereocenters. The Morgan fingerprint density at radius 2 is 1.79 bits per heavy atom. The molecule has 0 amide bonds. The largest absolute Gasteiger partial charge is 0.493 e. The number of halogens is 1. The number of ether oxygens (including phenoxy) is 5. The van der Waals surface area contributed by atoms with E-state index in [1.165, 1.54) is 14.2 Å². The normalized spacial score (nSPS) is 12.1. The van der Waals surface area contributed by atoms with Gasteiger partial charge in [0.25, 0.3) is 0 Å². The SMILES string of the molecule is COc1cc2c(NCc3ccc4c(c3)OCO4)nc(Cl)nc2c(OC)c1OC. The monoisotopic (exact) mass is 403 g/mol. The number of nitrogens with one attached hydrogen (secondary N) is 1. The maximum atomic E-state index is 6.15. The van der Waals surface area contributed by atoms with Crippen LogP contribution < -0.4 is 29.0 Å². The first-order valence-corrected chi connectivity index (χ1v) is 8.81. The summed E-state index contributed by atoms with van der Waals surface area (Å²) in [6.07, 6.45) is 0. The molecule has 0 bridgehead atoms. The van der Waals surface area contributed by atoms with Crippen molar-refractivity contribution >= 4 is 28.3 Å². The minimum Gasteiger partial charge on any atom is -0.493 e. The first-order valence-electron chi connectivity index (χ1n) is 8.43. The van der Waals surface area contributed by atoms with Crippen molar-refractivity contribution in [2.75, 3.05) is 33.4 Å². The lowest BCUT2D eigenvalue weighted by Crippen LogP contribution is -2.05. The van der Waals surface area contributed by atoms with Gasteiger partial charge in [-0.05, 0) is 35.4 Å². The molecule has 8 nitrogen and oxygen atoms in total. The zero-order chi connectivity index (χ0) is 19.7. The topological polar surface area (TPSA) is 84.0 Å². The Labute approximate surface area is 166 Å². The van der Waals surface area contributed by atoms with Crippen LogP contribution in [0.25, 0.3) is 10.9 Å². The number of anilines is 1. The van der Waals surface area contributed by atoms with Gasteiger partial charge in [0.2, 0.25) is 17.8 Å². The first kappa shape index (κ1) is 18.2. The second-order valence-corrected chi connectivity index (χ2v) is 6.26. The summed E-state index contributed by atoms with van der Waals surface area (Å²) in [5.41, 5.74) is 1.52. The second-order valence-electron chi connectivity index (χ2n) is 5.92. The molecule has 9 heteroatoms. The number of hydrogen-bond donors (Lipinski definition) is 1. The van der Waals surface area contributed by atoms with Crippen LogP contribution >= 0.6 is 11.6 Å². The molecule has 3 aromatic rings. The molecule has 4 rings (SSSR count). The van der Waals surface area contributed by atoms with Crippen molar-refractivity contribution in [1.29, 1.82) is 0 Å². The van der Waals surface area contributed by atoms with Gasteiger partial charge in [0, 0.05) is 6.54 Å². The molecule has 1 aliphatic rings. The summed E-state index contributed by atoms with van der Waals surface area (Å²) in [4.78, 5) is 8.64. The Bertz CT molecular complexity index is 1040. The standard InChI is InChI=1S/C19H18ClN3O5/c1-24-14-7-11-15(17(26-3)16(14)25-2)22-19(20)23-18(11)21-8-10-4-5-12-13(6-10)28-9-27-12/h4-7H,8-9H2,1-3H3,(H,21,22,23). The molecule has 28 heavy (non-hydrogen) atoms. The molecule has 1 N–H and O–H groups in total. The average molecular weight is 404 g/mol. The Morgan fingerprint density at radius 1 is 1.00 bits per heavy atom. The van der Waals surface area contributed by atoms with Gasteiger partial charge in [-0.1, -0.05) is 6.07 Å². The first-order chi connectivity index (χ1) is 13.6. The molecule has 0 fully saturated rings.